The van der Waals surface area contributed by atoms with E-state index in [1.165, 1.54) is 16.7 Å². The van der Waals surface area contributed by atoms with E-state index in [0.29, 0.717) is 12.2 Å². The zero-order chi connectivity index (χ0) is 29.8. The zero-order valence-corrected chi connectivity index (χ0v) is 26.0. The van der Waals surface area contributed by atoms with Crippen molar-refractivity contribution in [2.24, 2.45) is 5.92 Å². The topological polar surface area (TPSA) is 38.3 Å². The molecule has 1 aliphatic rings. The average molecular weight is 542 g/mol. The number of Topliss-reactive ketones (excluding diaryl/α,β-unsaturated/α-hetero) is 1. The molecular formula is C37H51NO2. The summed E-state index contributed by atoms with van der Waals surface area (Å²) in [5.41, 5.74) is 5.94. The molecule has 0 saturated heterocycles. The van der Waals surface area contributed by atoms with Gasteiger partial charge in [0.2, 0.25) is 0 Å². The number of benzene rings is 3. The minimum atomic E-state index is -0.0252. The lowest BCUT2D eigenvalue weighted by atomic mass is 10.1. The van der Waals surface area contributed by atoms with E-state index < -0.39 is 0 Å². The Hall–Kier alpha value is -3.59. The van der Waals surface area contributed by atoms with Crippen molar-refractivity contribution in [2.75, 3.05) is 6.54 Å². The number of likely N-dealkylation sites (N-methyl/N-ethyl adjacent to an activating group) is 1. The lowest BCUT2D eigenvalue weighted by Crippen LogP contribution is -2.24. The lowest BCUT2D eigenvalue weighted by Gasteiger charge is -2.19. The SMILES string of the molecule is C/C=C/c1ccccc1.CC.CC(C)C.CCN/C(Cc1ccccc1)=C(\OC1Cc2ccccc2C1)C(C)=O. The van der Waals surface area contributed by atoms with Crippen LogP contribution in [0.3, 0.4) is 0 Å². The molecule has 3 nitrogen and oxygen atoms in total. The molecule has 0 amide bonds. The van der Waals surface area contributed by atoms with Crippen molar-refractivity contribution < 1.29 is 9.53 Å². The molecule has 0 bridgehead atoms. The van der Waals surface area contributed by atoms with E-state index in [1.807, 2.05) is 70.2 Å². The Bertz CT molecular complexity index is 1120. The van der Waals surface area contributed by atoms with Gasteiger partial charge in [-0.25, -0.2) is 0 Å². The van der Waals surface area contributed by atoms with Gasteiger partial charge in [0.15, 0.2) is 11.5 Å². The number of fused-ring (bicyclic) bond motifs is 1. The van der Waals surface area contributed by atoms with Crippen molar-refractivity contribution in [1.82, 2.24) is 5.32 Å². The average Bonchev–Trinajstić information content (AvgIpc) is 3.37. The van der Waals surface area contributed by atoms with Crippen LogP contribution in [0.25, 0.3) is 6.08 Å². The largest absolute Gasteiger partial charge is 0.484 e. The van der Waals surface area contributed by atoms with Crippen LogP contribution in [0.5, 0.6) is 0 Å². The second kappa shape index (κ2) is 20.3. The number of rotatable bonds is 8. The summed E-state index contributed by atoms with van der Waals surface area (Å²) in [5, 5.41) is 3.34. The summed E-state index contributed by atoms with van der Waals surface area (Å²) in [5.74, 6) is 1.28. The van der Waals surface area contributed by atoms with Crippen molar-refractivity contribution >= 4 is 11.9 Å². The highest BCUT2D eigenvalue weighted by Crippen LogP contribution is 2.26. The molecule has 0 fully saturated rings. The van der Waals surface area contributed by atoms with Gasteiger partial charge < -0.3 is 10.1 Å². The summed E-state index contributed by atoms with van der Waals surface area (Å²) in [7, 11) is 0. The highest BCUT2D eigenvalue weighted by atomic mass is 16.5. The molecular weight excluding hydrogens is 490 g/mol. The van der Waals surface area contributed by atoms with Crippen LogP contribution in [0.1, 0.15) is 77.6 Å². The third-order valence-electron chi connectivity index (χ3n) is 5.66. The third kappa shape index (κ3) is 13.5. The molecule has 3 aromatic carbocycles. The molecule has 0 heterocycles. The number of carbonyl (C=O) groups excluding carboxylic acids is 1. The van der Waals surface area contributed by atoms with Crippen molar-refractivity contribution in [1.29, 1.82) is 0 Å². The van der Waals surface area contributed by atoms with Crippen LogP contribution < -0.4 is 5.32 Å². The summed E-state index contributed by atoms with van der Waals surface area (Å²) in [6.45, 7) is 16.9. The number of ether oxygens (including phenoxy) is 1. The predicted molar refractivity (Wildman–Crippen MR) is 173 cm³/mol. The van der Waals surface area contributed by atoms with E-state index in [9.17, 15) is 4.79 Å². The molecule has 40 heavy (non-hydrogen) atoms. The smallest absolute Gasteiger partial charge is 0.196 e. The minimum Gasteiger partial charge on any atom is -0.484 e. The molecule has 0 radical (unpaired) electrons. The fourth-order valence-corrected chi connectivity index (χ4v) is 4.13. The number of hydrogen-bond donors (Lipinski definition) is 1. The van der Waals surface area contributed by atoms with Gasteiger partial charge in [-0.15, -0.1) is 0 Å². The van der Waals surface area contributed by atoms with E-state index in [4.69, 9.17) is 4.74 Å². The second-order valence-electron chi connectivity index (χ2n) is 10.1. The molecule has 1 N–H and O–H groups in total. The van der Waals surface area contributed by atoms with Crippen LogP contribution in [0, 0.1) is 5.92 Å². The Kier molecular flexibility index (Phi) is 17.5. The minimum absolute atomic E-state index is 0.0252. The summed E-state index contributed by atoms with van der Waals surface area (Å²) in [4.78, 5) is 12.3. The molecule has 3 heteroatoms. The number of hydrogen-bond acceptors (Lipinski definition) is 3. The number of allylic oxidation sites excluding steroid dienone is 3. The molecule has 0 atom stereocenters. The van der Waals surface area contributed by atoms with Gasteiger partial charge >= 0.3 is 0 Å². The highest BCUT2D eigenvalue weighted by molar-refractivity contribution is 5.92. The maximum absolute atomic E-state index is 12.3. The quantitative estimate of drug-likeness (QED) is 0.228. The summed E-state index contributed by atoms with van der Waals surface area (Å²) in [6.07, 6.45) is 6.54. The van der Waals surface area contributed by atoms with E-state index in [-0.39, 0.29) is 11.9 Å². The molecule has 0 saturated carbocycles. The fraction of sp³-hybridized carbons (Fsp3) is 0.378. The van der Waals surface area contributed by atoms with Crippen LogP contribution in [-0.2, 0) is 28.8 Å². The first-order valence-electron chi connectivity index (χ1n) is 14.8. The van der Waals surface area contributed by atoms with Gasteiger partial charge in [0.1, 0.15) is 6.10 Å². The van der Waals surface area contributed by atoms with Crippen LogP contribution in [-0.4, -0.2) is 18.4 Å². The summed E-state index contributed by atoms with van der Waals surface area (Å²) < 4.78 is 6.21. The monoisotopic (exact) mass is 541 g/mol. The zero-order valence-electron chi connectivity index (χ0n) is 26.0. The Morgan fingerprint density at radius 2 is 1.35 bits per heavy atom. The second-order valence-corrected chi connectivity index (χ2v) is 10.1. The normalized spacial score (nSPS) is 12.5. The predicted octanol–water partition coefficient (Wildman–Crippen LogP) is 9.23. The highest BCUT2D eigenvalue weighted by Gasteiger charge is 2.25. The molecule has 216 valence electrons. The molecule has 1 aliphatic carbocycles. The molecule has 0 spiro atoms. The molecule has 0 unspecified atom stereocenters. The van der Waals surface area contributed by atoms with Gasteiger partial charge in [0, 0.05) is 32.7 Å². The first kappa shape index (κ1) is 34.4. The molecule has 0 aliphatic heterocycles. The Morgan fingerprint density at radius 3 is 1.80 bits per heavy atom. The maximum Gasteiger partial charge on any atom is 0.196 e. The van der Waals surface area contributed by atoms with E-state index in [1.54, 1.807) is 6.92 Å². The van der Waals surface area contributed by atoms with Crippen molar-refractivity contribution in [3.63, 3.8) is 0 Å². The van der Waals surface area contributed by atoms with E-state index in [2.05, 4.69) is 80.7 Å². The maximum atomic E-state index is 12.3. The Balaban J connectivity index is 0.000000440. The Morgan fingerprint density at radius 1 is 0.875 bits per heavy atom. The van der Waals surface area contributed by atoms with Crippen LogP contribution in [0.2, 0.25) is 0 Å². The molecule has 0 aromatic heterocycles. The summed E-state index contributed by atoms with van der Waals surface area (Å²) >= 11 is 0. The van der Waals surface area contributed by atoms with Gasteiger partial charge in [-0.1, -0.05) is 132 Å². The van der Waals surface area contributed by atoms with Crippen molar-refractivity contribution in [3.8, 4) is 0 Å². The van der Waals surface area contributed by atoms with Crippen LogP contribution >= 0.6 is 0 Å². The summed E-state index contributed by atoms with van der Waals surface area (Å²) in [6, 6.07) is 28.8. The van der Waals surface area contributed by atoms with Crippen molar-refractivity contribution in [3.05, 3.63) is 125 Å². The van der Waals surface area contributed by atoms with Gasteiger partial charge in [0.25, 0.3) is 0 Å². The van der Waals surface area contributed by atoms with E-state index >= 15 is 0 Å². The third-order valence-corrected chi connectivity index (χ3v) is 5.66. The van der Waals surface area contributed by atoms with E-state index in [0.717, 1.165) is 36.6 Å². The van der Waals surface area contributed by atoms with Gasteiger partial charge in [-0.05, 0) is 42.0 Å². The van der Waals surface area contributed by atoms with Crippen LogP contribution in [0.15, 0.2) is 102 Å². The van der Waals surface area contributed by atoms with Crippen LogP contribution in [0.4, 0.5) is 0 Å². The fourth-order valence-electron chi connectivity index (χ4n) is 4.13. The lowest BCUT2D eigenvalue weighted by molar-refractivity contribution is -0.118. The molecule has 4 rings (SSSR count). The number of nitrogens with one attached hydrogen (secondary N) is 1. The van der Waals surface area contributed by atoms with Crippen molar-refractivity contribution in [2.45, 2.75) is 80.8 Å². The Labute approximate surface area is 244 Å². The number of carbonyl (C=O) groups is 1. The molecule has 3 aromatic rings. The van der Waals surface area contributed by atoms with Gasteiger partial charge in [-0.3, -0.25) is 4.79 Å². The standard InChI is InChI=1S/C22H25NO2.C9H10.C4H10.C2H6/c1-3-23-21(13-17-9-5-4-6-10-17)22(16(2)24)25-20-14-18-11-7-8-12-19(18)15-20;1-2-6-9-7-4-3-5-8-9;1-4(2)3;1-2/h4-12,20,23H,3,13-15H2,1-2H3;2-8H,1H3;4H,1-3H3;1-2H3/b22-21-;6-2+;;. The first-order chi connectivity index (χ1) is 19.3. The first-order valence-corrected chi connectivity index (χ1v) is 14.8. The van der Waals surface area contributed by atoms with Gasteiger partial charge in [-0.2, -0.15) is 0 Å². The van der Waals surface area contributed by atoms with Gasteiger partial charge in [0.05, 0.1) is 5.70 Å². The number of ketones is 1.